The molecule has 0 saturated carbocycles. The molecule has 0 saturated heterocycles. The van der Waals surface area contributed by atoms with Gasteiger partial charge in [0.15, 0.2) is 0 Å². The Morgan fingerprint density at radius 2 is 1.19 bits per heavy atom. The highest BCUT2D eigenvalue weighted by Gasteiger charge is 2.18. The third-order valence-electron chi connectivity index (χ3n) is 3.90. The van der Waals surface area contributed by atoms with E-state index in [4.69, 9.17) is 9.47 Å². The number of H-pyrrole nitrogens is 2. The number of rotatable bonds is 4. The van der Waals surface area contributed by atoms with Crippen LogP contribution in [0, 0.1) is 0 Å². The van der Waals surface area contributed by atoms with Gasteiger partial charge in [0, 0.05) is 23.2 Å². The number of fused-ring (bicyclic) bond motifs is 3. The van der Waals surface area contributed by atoms with Crippen molar-refractivity contribution in [3.63, 3.8) is 0 Å². The second-order valence-corrected chi connectivity index (χ2v) is 5.41. The summed E-state index contributed by atoms with van der Waals surface area (Å²) in [4.78, 5) is 54.5. The molecule has 0 atom stereocenters. The van der Waals surface area contributed by atoms with E-state index in [2.05, 4.69) is 9.97 Å². The van der Waals surface area contributed by atoms with Crippen molar-refractivity contribution in [3.05, 3.63) is 56.1 Å². The Kier molecular flexibility index (Phi) is 4.57. The quantitative estimate of drug-likeness (QED) is 0.543. The Balaban J connectivity index is 2.25. The Morgan fingerprint density at radius 1 is 0.808 bits per heavy atom. The van der Waals surface area contributed by atoms with Crippen LogP contribution in [-0.2, 0) is 9.47 Å². The summed E-state index contributed by atoms with van der Waals surface area (Å²) < 4.78 is 9.72. The van der Waals surface area contributed by atoms with E-state index < -0.39 is 22.8 Å². The zero-order chi connectivity index (χ0) is 18.8. The molecule has 0 aliphatic heterocycles. The highest BCUT2D eigenvalue weighted by Crippen LogP contribution is 2.18. The summed E-state index contributed by atoms with van der Waals surface area (Å²) in [6.07, 6.45) is 2.50. The third-order valence-corrected chi connectivity index (χ3v) is 3.90. The van der Waals surface area contributed by atoms with Gasteiger partial charge in [-0.2, -0.15) is 0 Å². The summed E-state index contributed by atoms with van der Waals surface area (Å²) in [7, 11) is 0. The van der Waals surface area contributed by atoms with Gasteiger partial charge in [0.25, 0.3) is 0 Å². The second kappa shape index (κ2) is 6.83. The van der Waals surface area contributed by atoms with Crippen LogP contribution in [0.2, 0.25) is 0 Å². The molecule has 1 aromatic carbocycles. The summed E-state index contributed by atoms with van der Waals surface area (Å²) >= 11 is 0. The molecule has 0 fully saturated rings. The summed E-state index contributed by atoms with van der Waals surface area (Å²) in [6, 6.07) is 2.87. The Morgan fingerprint density at radius 3 is 1.54 bits per heavy atom. The first-order chi connectivity index (χ1) is 12.5. The maximum absolute atomic E-state index is 12.5. The molecule has 3 aromatic rings. The van der Waals surface area contributed by atoms with Crippen LogP contribution in [0.4, 0.5) is 0 Å². The number of benzene rings is 1. The van der Waals surface area contributed by atoms with Crippen LogP contribution in [0.3, 0.4) is 0 Å². The van der Waals surface area contributed by atoms with Crippen LogP contribution in [0.25, 0.3) is 21.8 Å². The summed E-state index contributed by atoms with van der Waals surface area (Å²) in [6.45, 7) is 3.59. The van der Waals surface area contributed by atoms with Gasteiger partial charge in [0.1, 0.15) is 11.1 Å². The maximum atomic E-state index is 12.5. The minimum Gasteiger partial charge on any atom is -0.462 e. The van der Waals surface area contributed by atoms with Crippen molar-refractivity contribution < 1.29 is 19.1 Å². The molecule has 8 heteroatoms. The van der Waals surface area contributed by atoms with Crippen molar-refractivity contribution >= 4 is 33.7 Å². The van der Waals surface area contributed by atoms with Crippen molar-refractivity contribution in [1.29, 1.82) is 0 Å². The second-order valence-electron chi connectivity index (χ2n) is 5.41. The predicted octanol–water partition coefficient (Wildman–Crippen LogP) is 1.72. The molecule has 2 heterocycles. The molecule has 0 radical (unpaired) electrons. The molecule has 2 aromatic heterocycles. The van der Waals surface area contributed by atoms with Crippen molar-refractivity contribution in [1.82, 2.24) is 9.97 Å². The van der Waals surface area contributed by atoms with E-state index in [9.17, 15) is 19.2 Å². The van der Waals surface area contributed by atoms with E-state index in [1.165, 1.54) is 24.5 Å². The average Bonchev–Trinajstić information content (AvgIpc) is 2.62. The van der Waals surface area contributed by atoms with Crippen molar-refractivity contribution in [2.45, 2.75) is 13.8 Å². The lowest BCUT2D eigenvalue weighted by atomic mass is 10.1. The number of hydrogen-bond acceptors (Lipinski definition) is 6. The van der Waals surface area contributed by atoms with E-state index in [1.54, 1.807) is 13.8 Å². The van der Waals surface area contributed by atoms with E-state index in [-0.39, 0.29) is 35.1 Å². The number of aromatic nitrogens is 2. The summed E-state index contributed by atoms with van der Waals surface area (Å²) in [5, 5.41) is 0.449. The van der Waals surface area contributed by atoms with E-state index >= 15 is 0 Å². The number of aromatic amines is 2. The zero-order valence-corrected chi connectivity index (χ0v) is 14.2. The molecule has 0 amide bonds. The first-order valence-electron chi connectivity index (χ1n) is 8.03. The fourth-order valence-electron chi connectivity index (χ4n) is 2.71. The highest BCUT2D eigenvalue weighted by molar-refractivity contribution is 6.06. The number of nitrogens with one attached hydrogen (secondary N) is 2. The SMILES string of the molecule is CCOC(=O)c1c[nH]c2c(ccc3c(=O)c(C(=O)OCC)c[nH]c32)c1=O. The highest BCUT2D eigenvalue weighted by atomic mass is 16.5. The molecular weight excluding hydrogens is 340 g/mol. The average molecular weight is 356 g/mol. The molecule has 0 aliphatic carbocycles. The normalized spacial score (nSPS) is 10.8. The van der Waals surface area contributed by atoms with Crippen molar-refractivity contribution in [2.24, 2.45) is 0 Å². The third kappa shape index (κ3) is 2.75. The molecule has 0 unspecified atom stereocenters. The standard InChI is InChI=1S/C18H16N2O6/c1-3-25-17(23)11-7-19-13-9(15(11)21)5-6-10-14(13)20-8-12(16(10)22)18(24)26-4-2/h5-8H,3-4H2,1-2H3,(H,19,21)(H,20,22). The number of esters is 2. The lowest BCUT2D eigenvalue weighted by Gasteiger charge is -2.07. The van der Waals surface area contributed by atoms with Gasteiger partial charge >= 0.3 is 11.9 Å². The topological polar surface area (TPSA) is 118 Å². The fourth-order valence-corrected chi connectivity index (χ4v) is 2.71. The van der Waals surface area contributed by atoms with Crippen LogP contribution in [0.5, 0.6) is 0 Å². The van der Waals surface area contributed by atoms with Gasteiger partial charge in [-0.1, -0.05) is 0 Å². The molecule has 0 bridgehead atoms. The molecule has 0 spiro atoms. The summed E-state index contributed by atoms with van der Waals surface area (Å²) in [5.41, 5.74) is -0.543. The van der Waals surface area contributed by atoms with E-state index in [0.717, 1.165) is 0 Å². The Labute approximate surface area is 146 Å². The summed E-state index contributed by atoms with van der Waals surface area (Å²) in [5.74, 6) is -1.44. The Hall–Kier alpha value is -3.42. The van der Waals surface area contributed by atoms with Gasteiger partial charge in [0.05, 0.1) is 24.2 Å². The largest absolute Gasteiger partial charge is 0.462 e. The first kappa shape index (κ1) is 17.4. The minimum atomic E-state index is -0.720. The molecule has 3 rings (SSSR count). The minimum absolute atomic E-state index is 0.121. The molecule has 26 heavy (non-hydrogen) atoms. The van der Waals surface area contributed by atoms with Gasteiger partial charge in [0.2, 0.25) is 10.9 Å². The lowest BCUT2D eigenvalue weighted by Crippen LogP contribution is -2.20. The smallest absolute Gasteiger partial charge is 0.343 e. The van der Waals surface area contributed by atoms with Crippen molar-refractivity contribution in [2.75, 3.05) is 13.2 Å². The van der Waals surface area contributed by atoms with Crippen molar-refractivity contribution in [3.8, 4) is 0 Å². The van der Waals surface area contributed by atoms with Gasteiger partial charge in [-0.15, -0.1) is 0 Å². The lowest BCUT2D eigenvalue weighted by molar-refractivity contribution is 0.0515. The van der Waals surface area contributed by atoms with Gasteiger partial charge in [-0.3, -0.25) is 9.59 Å². The molecule has 8 nitrogen and oxygen atoms in total. The number of hydrogen-bond donors (Lipinski definition) is 2. The van der Waals surface area contributed by atoms with Crippen LogP contribution < -0.4 is 10.9 Å². The van der Waals surface area contributed by atoms with Crippen LogP contribution in [0.1, 0.15) is 34.6 Å². The Bertz CT molecular complexity index is 1050. The number of carbonyl (C=O) groups is 2. The monoisotopic (exact) mass is 356 g/mol. The van der Waals surface area contributed by atoms with E-state index in [1.807, 2.05) is 0 Å². The fraction of sp³-hybridized carbons (Fsp3) is 0.222. The van der Waals surface area contributed by atoms with Crippen LogP contribution >= 0.6 is 0 Å². The first-order valence-corrected chi connectivity index (χ1v) is 8.03. The van der Waals surface area contributed by atoms with Crippen LogP contribution in [0.15, 0.2) is 34.1 Å². The number of carbonyl (C=O) groups excluding carboxylic acids is 2. The molecular formula is C18H16N2O6. The number of ether oxygens (including phenoxy) is 2. The maximum Gasteiger partial charge on any atom is 0.343 e. The molecule has 2 N–H and O–H groups in total. The van der Waals surface area contributed by atoms with Gasteiger partial charge in [-0.05, 0) is 26.0 Å². The van der Waals surface area contributed by atoms with Gasteiger partial charge < -0.3 is 19.4 Å². The number of pyridine rings is 2. The predicted molar refractivity (Wildman–Crippen MR) is 94.6 cm³/mol. The van der Waals surface area contributed by atoms with Crippen LogP contribution in [-0.4, -0.2) is 35.1 Å². The molecule has 0 aliphatic rings. The zero-order valence-electron chi connectivity index (χ0n) is 14.2. The van der Waals surface area contributed by atoms with Gasteiger partial charge in [-0.25, -0.2) is 9.59 Å². The van der Waals surface area contributed by atoms with E-state index in [0.29, 0.717) is 11.0 Å². The molecule has 134 valence electrons.